The normalized spacial score (nSPS) is 20.9. The molecule has 220 valence electrons. The molecule has 0 unspecified atom stereocenters. The fourth-order valence-electron chi connectivity index (χ4n) is 6.16. The number of H-pyrrole nitrogens is 1. The number of thioether (sulfide) groups is 1. The molecule has 1 saturated heterocycles. The lowest BCUT2D eigenvalue weighted by molar-refractivity contribution is -0.137. The maximum absolute atomic E-state index is 14.9. The first-order chi connectivity index (χ1) is 19.8. The Morgan fingerprint density at radius 1 is 1.14 bits per heavy atom. The minimum Gasteiger partial charge on any atom is -0.352 e. The first kappa shape index (κ1) is 28.5. The lowest BCUT2D eigenvalue weighted by Gasteiger charge is -2.45. The number of carbonyl (C=O) groups is 1. The summed E-state index contributed by atoms with van der Waals surface area (Å²) in [6.07, 6.45) is -3.62. The number of carbonyl (C=O) groups excluding carboxylic acids is 1. The Balaban J connectivity index is 1.68. The predicted molar refractivity (Wildman–Crippen MR) is 156 cm³/mol. The van der Waals surface area contributed by atoms with E-state index >= 15 is 0 Å². The molecule has 1 amide bonds. The number of aromatic amines is 1. The Bertz CT molecular complexity index is 1900. The minimum absolute atomic E-state index is 0.0205. The van der Waals surface area contributed by atoms with Gasteiger partial charge >= 0.3 is 16.7 Å². The number of fused-ring (bicyclic) bond motifs is 1. The van der Waals surface area contributed by atoms with Gasteiger partial charge in [-0.2, -0.15) is 18.2 Å². The molecule has 2 aliphatic rings. The molecule has 0 bridgehead atoms. The molecule has 42 heavy (non-hydrogen) atoms. The highest BCUT2D eigenvalue weighted by Gasteiger charge is 2.40. The van der Waals surface area contributed by atoms with E-state index in [-0.39, 0.29) is 74.6 Å². The molecule has 1 fully saturated rings. The third-order valence-corrected chi connectivity index (χ3v) is 10.0. The monoisotopic (exact) mass is 619 g/mol. The second-order valence-electron chi connectivity index (χ2n) is 10.6. The van der Waals surface area contributed by atoms with E-state index in [1.807, 2.05) is 13.8 Å². The van der Waals surface area contributed by atoms with E-state index in [2.05, 4.69) is 16.5 Å². The molecule has 14 heteroatoms. The summed E-state index contributed by atoms with van der Waals surface area (Å²) in [5.41, 5.74) is -1.51. The van der Waals surface area contributed by atoms with E-state index < -0.39 is 28.1 Å². The largest absolute Gasteiger partial charge is 0.417 e. The summed E-state index contributed by atoms with van der Waals surface area (Å²) < 4.78 is 60.7. The van der Waals surface area contributed by atoms with Crippen LogP contribution in [0.15, 0.2) is 45.3 Å². The van der Waals surface area contributed by atoms with Gasteiger partial charge in [-0.25, -0.2) is 9.18 Å². The molecule has 0 spiro atoms. The van der Waals surface area contributed by atoms with Gasteiger partial charge in [-0.1, -0.05) is 17.9 Å². The fourth-order valence-corrected chi connectivity index (χ4v) is 8.20. The topological polar surface area (TPSA) is 91.3 Å². The predicted octanol–water partition coefficient (Wildman–Crippen LogP) is 5.40. The summed E-state index contributed by atoms with van der Waals surface area (Å²) in [6.45, 7) is 9.48. The third kappa shape index (κ3) is 4.34. The molecule has 0 saturated carbocycles. The number of thiazole rings is 1. The van der Waals surface area contributed by atoms with E-state index in [0.29, 0.717) is 22.6 Å². The number of hydrogen-bond acceptors (Lipinski definition) is 7. The van der Waals surface area contributed by atoms with Crippen LogP contribution in [0.3, 0.4) is 0 Å². The average Bonchev–Trinajstić information content (AvgIpc) is 3.32. The van der Waals surface area contributed by atoms with Crippen molar-refractivity contribution in [2.45, 2.75) is 50.0 Å². The van der Waals surface area contributed by atoms with E-state index in [4.69, 9.17) is 0 Å². The molecule has 2 aromatic carbocycles. The standard InChI is InChI=1S/C28H25F4N5O3S2/c1-5-19(38)36-12(2)9-35(10-13(36)3)25-16-8-17(28(30,31)32)20(15-6-7-18(29)23-21(15)33-27(40)42-23)24-22(16)37(26(39)34-25)14(4)11-41-24/h5-8,12-14H,1,9-11H2,2-4H3,(H,33,40)/t12-,13+,14-/m0/s1. The van der Waals surface area contributed by atoms with E-state index in [9.17, 15) is 31.9 Å². The number of aromatic nitrogens is 3. The number of alkyl halides is 3. The molecule has 4 heterocycles. The molecule has 8 nitrogen and oxygen atoms in total. The van der Waals surface area contributed by atoms with Crippen LogP contribution < -0.4 is 15.5 Å². The summed E-state index contributed by atoms with van der Waals surface area (Å²) in [7, 11) is 0. The van der Waals surface area contributed by atoms with E-state index in [1.165, 1.54) is 28.5 Å². The van der Waals surface area contributed by atoms with Gasteiger partial charge in [0.05, 0.1) is 21.3 Å². The van der Waals surface area contributed by atoms with Crippen LogP contribution in [0.5, 0.6) is 0 Å². The van der Waals surface area contributed by atoms with Crippen LogP contribution in [-0.2, 0) is 11.0 Å². The van der Waals surface area contributed by atoms with Crippen LogP contribution in [0.2, 0.25) is 0 Å². The summed E-state index contributed by atoms with van der Waals surface area (Å²) in [5.74, 6) is -0.567. The number of nitrogens with one attached hydrogen (secondary N) is 1. The van der Waals surface area contributed by atoms with Crippen LogP contribution in [0.25, 0.3) is 32.2 Å². The number of benzene rings is 2. The zero-order valence-electron chi connectivity index (χ0n) is 22.7. The van der Waals surface area contributed by atoms with Gasteiger partial charge in [-0.3, -0.25) is 14.2 Å². The highest BCUT2D eigenvalue weighted by atomic mass is 32.2. The molecular weight excluding hydrogens is 594 g/mol. The zero-order chi connectivity index (χ0) is 30.2. The van der Waals surface area contributed by atoms with Gasteiger partial charge in [0.2, 0.25) is 5.91 Å². The minimum atomic E-state index is -4.84. The van der Waals surface area contributed by atoms with Crippen molar-refractivity contribution in [1.29, 1.82) is 0 Å². The van der Waals surface area contributed by atoms with Crippen LogP contribution in [0.1, 0.15) is 32.4 Å². The van der Waals surface area contributed by atoms with Gasteiger partial charge in [0, 0.05) is 58.4 Å². The number of halogens is 4. The molecule has 2 aliphatic heterocycles. The molecule has 4 aromatic rings. The second-order valence-corrected chi connectivity index (χ2v) is 12.6. The molecule has 3 atom stereocenters. The molecule has 1 N–H and O–H groups in total. The quantitative estimate of drug-likeness (QED) is 0.244. The Hall–Kier alpha value is -3.65. The van der Waals surface area contributed by atoms with Gasteiger partial charge in [-0.05, 0) is 45.0 Å². The molecule has 2 aromatic heterocycles. The SMILES string of the molecule is C=CC(=O)N1[C@H](C)CN(c2nc(=O)n3c4c(c(-c5ccc(F)c6sc(=O)[nH]c56)c(C(F)(F)F)cc24)SC[C@@H]3C)C[C@@H]1C. The number of nitrogens with zero attached hydrogens (tertiary/aromatic N) is 4. The number of anilines is 1. The van der Waals surface area contributed by atoms with Gasteiger partial charge in [0.1, 0.15) is 11.6 Å². The maximum Gasteiger partial charge on any atom is 0.417 e. The van der Waals surface area contributed by atoms with Crippen LogP contribution in [0, 0.1) is 5.82 Å². The van der Waals surface area contributed by atoms with Crippen molar-refractivity contribution in [3.05, 3.63) is 62.4 Å². The second kappa shape index (κ2) is 9.97. The summed E-state index contributed by atoms with van der Waals surface area (Å²) in [5, 5.41) is 0.153. The number of hydrogen-bond donors (Lipinski definition) is 1. The lowest BCUT2D eigenvalue weighted by Crippen LogP contribution is -2.58. The van der Waals surface area contributed by atoms with E-state index in [1.54, 1.807) is 16.7 Å². The van der Waals surface area contributed by atoms with Crippen molar-refractivity contribution in [3.8, 4) is 11.1 Å². The summed E-state index contributed by atoms with van der Waals surface area (Å²) >= 11 is 1.76. The van der Waals surface area contributed by atoms with Crippen LogP contribution in [0.4, 0.5) is 23.4 Å². The fraction of sp³-hybridized carbons (Fsp3) is 0.357. The van der Waals surface area contributed by atoms with Crippen molar-refractivity contribution in [2.24, 2.45) is 0 Å². The van der Waals surface area contributed by atoms with Gasteiger partial charge in [0.15, 0.2) is 0 Å². The van der Waals surface area contributed by atoms with Crippen molar-refractivity contribution >= 4 is 55.9 Å². The van der Waals surface area contributed by atoms with Crippen molar-refractivity contribution < 1.29 is 22.4 Å². The highest BCUT2D eigenvalue weighted by molar-refractivity contribution is 7.99. The first-order valence-electron chi connectivity index (χ1n) is 13.2. The summed E-state index contributed by atoms with van der Waals surface area (Å²) in [6, 6.07) is 2.26. The smallest absolute Gasteiger partial charge is 0.352 e. The van der Waals surface area contributed by atoms with Gasteiger partial charge < -0.3 is 14.8 Å². The third-order valence-electron chi connectivity index (χ3n) is 7.81. The number of rotatable bonds is 3. The highest BCUT2D eigenvalue weighted by Crippen LogP contribution is 2.51. The van der Waals surface area contributed by atoms with Crippen molar-refractivity contribution in [2.75, 3.05) is 23.7 Å². The lowest BCUT2D eigenvalue weighted by atomic mass is 9.95. The summed E-state index contributed by atoms with van der Waals surface area (Å²) in [4.78, 5) is 48.0. The Kier molecular flexibility index (Phi) is 6.76. The number of piperazine rings is 1. The average molecular weight is 620 g/mol. The van der Waals surface area contributed by atoms with Crippen molar-refractivity contribution in [1.82, 2.24) is 19.4 Å². The van der Waals surface area contributed by atoms with Crippen molar-refractivity contribution in [3.63, 3.8) is 0 Å². The molecule has 0 aliphatic carbocycles. The Morgan fingerprint density at radius 2 is 1.83 bits per heavy atom. The molecule has 6 rings (SSSR count). The zero-order valence-corrected chi connectivity index (χ0v) is 24.3. The van der Waals surface area contributed by atoms with Gasteiger partial charge in [0.25, 0.3) is 0 Å². The Morgan fingerprint density at radius 3 is 2.48 bits per heavy atom. The molecular formula is C28H25F4N5O3S2. The van der Waals surface area contributed by atoms with Crippen LogP contribution >= 0.6 is 23.1 Å². The Labute approximate surface area is 244 Å². The van der Waals surface area contributed by atoms with Crippen LogP contribution in [-0.4, -0.2) is 56.3 Å². The first-order valence-corrected chi connectivity index (χ1v) is 15.0. The number of amides is 1. The van der Waals surface area contributed by atoms with Gasteiger partial charge in [-0.15, -0.1) is 11.8 Å². The molecule has 0 radical (unpaired) electrons. The maximum atomic E-state index is 14.9. The van der Waals surface area contributed by atoms with E-state index in [0.717, 1.165) is 12.1 Å².